The van der Waals surface area contributed by atoms with Crippen molar-refractivity contribution in [1.82, 2.24) is 15.6 Å². The lowest BCUT2D eigenvalue weighted by molar-refractivity contribution is -0.123. The zero-order valence-electron chi connectivity index (χ0n) is 17.4. The number of fused-ring (bicyclic) bond motifs is 1. The van der Waals surface area contributed by atoms with E-state index in [9.17, 15) is 9.59 Å². The Morgan fingerprint density at radius 3 is 2.25 bits per heavy atom. The van der Waals surface area contributed by atoms with Gasteiger partial charge < -0.3 is 15.4 Å². The molecule has 0 aliphatic rings. The third-order valence-electron chi connectivity index (χ3n) is 4.86. The summed E-state index contributed by atoms with van der Waals surface area (Å²) in [4.78, 5) is 29.9. The van der Waals surface area contributed by atoms with Gasteiger partial charge in [-0.15, -0.1) is 11.3 Å². The second-order valence-electron chi connectivity index (χ2n) is 7.24. The Balaban J connectivity index is 1.39. The predicted molar refractivity (Wildman–Crippen MR) is 125 cm³/mol. The molecule has 0 aliphatic heterocycles. The molecule has 1 aromatic heterocycles. The van der Waals surface area contributed by atoms with Crippen LogP contribution < -0.4 is 10.6 Å². The first kappa shape index (κ1) is 21.5. The van der Waals surface area contributed by atoms with E-state index < -0.39 is 12.1 Å². The Morgan fingerprint density at radius 1 is 0.875 bits per heavy atom. The second-order valence-corrected chi connectivity index (χ2v) is 8.36. The van der Waals surface area contributed by atoms with Crippen molar-refractivity contribution in [2.45, 2.75) is 25.6 Å². The van der Waals surface area contributed by atoms with E-state index in [4.69, 9.17) is 4.74 Å². The lowest BCUT2D eigenvalue weighted by atomic mass is 10.1. The van der Waals surface area contributed by atoms with E-state index in [1.807, 2.05) is 84.9 Å². The molecule has 7 heteroatoms. The molecule has 4 rings (SSSR count). The van der Waals surface area contributed by atoms with Gasteiger partial charge in [0, 0.05) is 6.42 Å². The maximum absolute atomic E-state index is 12.9. The Hall–Kier alpha value is -3.71. The van der Waals surface area contributed by atoms with Crippen LogP contribution in [-0.4, -0.2) is 23.0 Å². The number of thiazole rings is 1. The van der Waals surface area contributed by atoms with Crippen molar-refractivity contribution in [3.05, 3.63) is 101 Å². The van der Waals surface area contributed by atoms with E-state index in [0.717, 1.165) is 26.4 Å². The quantitative estimate of drug-likeness (QED) is 0.420. The molecule has 0 aliphatic carbocycles. The molecule has 0 bridgehead atoms. The van der Waals surface area contributed by atoms with E-state index in [-0.39, 0.29) is 12.5 Å². The fourth-order valence-electron chi connectivity index (χ4n) is 3.25. The van der Waals surface area contributed by atoms with Gasteiger partial charge in [0.2, 0.25) is 5.91 Å². The highest BCUT2D eigenvalue weighted by Crippen LogP contribution is 2.21. The summed E-state index contributed by atoms with van der Waals surface area (Å²) in [6.45, 7) is 0.433. The highest BCUT2D eigenvalue weighted by Gasteiger charge is 2.22. The van der Waals surface area contributed by atoms with Crippen molar-refractivity contribution >= 4 is 33.6 Å². The van der Waals surface area contributed by atoms with Gasteiger partial charge in [0.15, 0.2) is 0 Å². The average Bonchev–Trinajstić information content (AvgIpc) is 3.25. The van der Waals surface area contributed by atoms with Crippen molar-refractivity contribution in [2.24, 2.45) is 0 Å². The number of rotatable bonds is 8. The standard InChI is InChI=1S/C25H23N3O3S/c29-24(26-16-23-27-20-13-7-8-14-22(20)32-23)21(15-18-9-3-1-4-10-18)28-25(30)31-17-19-11-5-2-6-12-19/h1-14,21H,15-17H2,(H,26,29)(H,28,30). The van der Waals surface area contributed by atoms with Gasteiger partial charge in [-0.25, -0.2) is 9.78 Å². The minimum Gasteiger partial charge on any atom is -0.445 e. The number of alkyl carbamates (subject to hydrolysis) is 1. The molecular weight excluding hydrogens is 422 g/mol. The molecule has 6 nitrogen and oxygen atoms in total. The maximum atomic E-state index is 12.9. The van der Waals surface area contributed by atoms with Crippen LogP contribution in [-0.2, 0) is 29.1 Å². The summed E-state index contributed by atoms with van der Waals surface area (Å²) in [6, 6.07) is 26.0. The van der Waals surface area contributed by atoms with Crippen LogP contribution in [0.1, 0.15) is 16.1 Å². The Morgan fingerprint density at radius 2 is 1.53 bits per heavy atom. The molecule has 2 N–H and O–H groups in total. The molecule has 0 radical (unpaired) electrons. The van der Waals surface area contributed by atoms with Crippen molar-refractivity contribution in [1.29, 1.82) is 0 Å². The number of amides is 2. The molecule has 0 saturated heterocycles. The molecule has 0 saturated carbocycles. The summed E-state index contributed by atoms with van der Waals surface area (Å²) in [5, 5.41) is 6.42. The first-order chi connectivity index (χ1) is 15.7. The summed E-state index contributed by atoms with van der Waals surface area (Å²) in [5.74, 6) is -0.287. The summed E-state index contributed by atoms with van der Waals surface area (Å²) in [6.07, 6.45) is -0.280. The number of hydrogen-bond donors (Lipinski definition) is 2. The van der Waals surface area contributed by atoms with Gasteiger partial charge in [0.1, 0.15) is 17.7 Å². The summed E-state index contributed by atoms with van der Waals surface area (Å²) < 4.78 is 6.38. The highest BCUT2D eigenvalue weighted by molar-refractivity contribution is 7.18. The zero-order chi connectivity index (χ0) is 22.2. The maximum Gasteiger partial charge on any atom is 0.408 e. The van der Waals surface area contributed by atoms with Crippen LogP contribution >= 0.6 is 11.3 Å². The van der Waals surface area contributed by atoms with Gasteiger partial charge in [-0.1, -0.05) is 72.8 Å². The van der Waals surface area contributed by atoms with Crippen molar-refractivity contribution in [3.63, 3.8) is 0 Å². The first-order valence-electron chi connectivity index (χ1n) is 10.3. The fourth-order valence-corrected chi connectivity index (χ4v) is 4.15. The molecule has 1 heterocycles. The number of para-hydroxylation sites is 1. The second kappa shape index (κ2) is 10.5. The van der Waals surface area contributed by atoms with Gasteiger partial charge in [-0.05, 0) is 23.3 Å². The third-order valence-corrected chi connectivity index (χ3v) is 5.89. The monoisotopic (exact) mass is 445 g/mol. The number of hydrogen-bond acceptors (Lipinski definition) is 5. The van der Waals surface area contributed by atoms with Crippen LogP contribution in [0.5, 0.6) is 0 Å². The molecule has 2 amide bonds. The molecule has 162 valence electrons. The van der Waals surface area contributed by atoms with Crippen molar-refractivity contribution in [3.8, 4) is 0 Å². The number of benzene rings is 3. The topological polar surface area (TPSA) is 80.3 Å². The first-order valence-corrected chi connectivity index (χ1v) is 11.1. The smallest absolute Gasteiger partial charge is 0.408 e. The van der Waals surface area contributed by atoms with Crippen LogP contribution in [0.4, 0.5) is 4.79 Å². The Kier molecular flexibility index (Phi) is 7.09. The highest BCUT2D eigenvalue weighted by atomic mass is 32.1. The van der Waals surface area contributed by atoms with Crippen LogP contribution in [0.15, 0.2) is 84.9 Å². The molecule has 3 aromatic carbocycles. The van der Waals surface area contributed by atoms with Gasteiger partial charge in [-0.3, -0.25) is 4.79 Å². The number of carbonyl (C=O) groups excluding carboxylic acids is 2. The number of ether oxygens (including phenoxy) is 1. The lowest BCUT2D eigenvalue weighted by Crippen LogP contribution is -2.48. The zero-order valence-corrected chi connectivity index (χ0v) is 18.2. The Labute approximate surface area is 190 Å². The van der Waals surface area contributed by atoms with E-state index in [0.29, 0.717) is 13.0 Å². The summed E-state index contributed by atoms with van der Waals surface area (Å²) in [7, 11) is 0. The predicted octanol–water partition coefficient (Wildman–Crippen LogP) is 4.45. The van der Waals surface area contributed by atoms with Crippen molar-refractivity contribution in [2.75, 3.05) is 0 Å². The minimum atomic E-state index is -0.768. The number of carbonyl (C=O) groups is 2. The molecule has 4 aromatic rings. The molecule has 1 atom stereocenters. The van der Waals surface area contributed by atoms with E-state index in [2.05, 4.69) is 15.6 Å². The molecule has 1 unspecified atom stereocenters. The Bertz CT molecular complexity index is 1150. The minimum absolute atomic E-state index is 0.137. The largest absolute Gasteiger partial charge is 0.445 e. The summed E-state index contributed by atoms with van der Waals surface area (Å²) >= 11 is 1.54. The van der Waals surface area contributed by atoms with Gasteiger partial charge in [0.25, 0.3) is 0 Å². The van der Waals surface area contributed by atoms with Crippen LogP contribution in [0.2, 0.25) is 0 Å². The van der Waals surface area contributed by atoms with Gasteiger partial charge in [-0.2, -0.15) is 0 Å². The van der Waals surface area contributed by atoms with Crippen molar-refractivity contribution < 1.29 is 14.3 Å². The van der Waals surface area contributed by atoms with Crippen LogP contribution in [0.3, 0.4) is 0 Å². The average molecular weight is 446 g/mol. The molecule has 32 heavy (non-hydrogen) atoms. The number of nitrogens with zero attached hydrogens (tertiary/aromatic N) is 1. The molecular formula is C25H23N3O3S. The van der Waals surface area contributed by atoms with Gasteiger partial charge in [0.05, 0.1) is 16.8 Å². The fraction of sp³-hybridized carbons (Fsp3) is 0.160. The number of nitrogens with one attached hydrogen (secondary N) is 2. The third kappa shape index (κ3) is 5.92. The van der Waals surface area contributed by atoms with Crippen LogP contribution in [0.25, 0.3) is 10.2 Å². The van der Waals surface area contributed by atoms with E-state index in [1.165, 1.54) is 11.3 Å². The lowest BCUT2D eigenvalue weighted by Gasteiger charge is -2.18. The number of aromatic nitrogens is 1. The van der Waals surface area contributed by atoms with E-state index >= 15 is 0 Å². The SMILES string of the molecule is O=C(NC(Cc1ccccc1)C(=O)NCc1nc2ccccc2s1)OCc1ccccc1. The van der Waals surface area contributed by atoms with E-state index in [1.54, 1.807) is 0 Å². The van der Waals surface area contributed by atoms with Gasteiger partial charge >= 0.3 is 6.09 Å². The van der Waals surface area contributed by atoms with Crippen LogP contribution in [0, 0.1) is 0 Å². The molecule has 0 fully saturated rings. The normalized spacial score (nSPS) is 11.6. The summed E-state index contributed by atoms with van der Waals surface area (Å²) in [5.41, 5.74) is 2.73. The molecule has 0 spiro atoms.